The van der Waals surface area contributed by atoms with E-state index in [0.29, 0.717) is 12.2 Å². The van der Waals surface area contributed by atoms with E-state index in [-0.39, 0.29) is 5.56 Å². The standard InChI is InChI=1S/C17H18N4O2/c1-21(2)15-8-5-13(6-9-15)4-3-11-19-20-16-10-7-14(12-18-16)17(22)23/h5-10,12,19H,4H2,1-2H3,(H,18,20)(H,22,23). The summed E-state index contributed by atoms with van der Waals surface area (Å²) in [7, 11) is 4.00. The summed E-state index contributed by atoms with van der Waals surface area (Å²) in [6.07, 6.45) is 1.92. The average Bonchev–Trinajstić information content (AvgIpc) is 2.55. The highest BCUT2D eigenvalue weighted by Gasteiger charge is 2.01. The molecule has 0 atom stereocenters. The maximum Gasteiger partial charge on any atom is 0.337 e. The molecule has 2 rings (SSSR count). The summed E-state index contributed by atoms with van der Waals surface area (Å²) in [6, 6.07) is 14.0. The summed E-state index contributed by atoms with van der Waals surface area (Å²) < 4.78 is 0. The van der Waals surface area contributed by atoms with Crippen LogP contribution >= 0.6 is 0 Å². The number of nitrogens with one attached hydrogen (secondary N) is 2. The van der Waals surface area contributed by atoms with E-state index < -0.39 is 5.97 Å². The summed E-state index contributed by atoms with van der Waals surface area (Å²) in [6.45, 7) is 0. The van der Waals surface area contributed by atoms with Crippen LogP contribution in [0.25, 0.3) is 0 Å². The molecule has 0 bridgehead atoms. The third kappa shape index (κ3) is 4.93. The van der Waals surface area contributed by atoms with Gasteiger partial charge in [-0.15, -0.1) is 0 Å². The SMILES string of the molecule is CN(C)c1ccc(CC#CNNc2ccc(C(=O)O)cn2)cc1. The van der Waals surface area contributed by atoms with Gasteiger partial charge in [-0.25, -0.2) is 9.78 Å². The smallest absolute Gasteiger partial charge is 0.337 e. The zero-order valence-electron chi connectivity index (χ0n) is 13.0. The molecular formula is C17H18N4O2. The topological polar surface area (TPSA) is 77.5 Å². The number of carbonyl (C=O) groups is 1. The minimum absolute atomic E-state index is 0.141. The molecule has 0 aliphatic carbocycles. The number of pyridine rings is 1. The van der Waals surface area contributed by atoms with Crippen molar-refractivity contribution in [3.8, 4) is 12.0 Å². The van der Waals surface area contributed by atoms with Crippen molar-refractivity contribution in [1.29, 1.82) is 0 Å². The first kappa shape index (κ1) is 16.2. The predicted molar refractivity (Wildman–Crippen MR) is 90.2 cm³/mol. The first-order valence-electron chi connectivity index (χ1n) is 7.01. The van der Waals surface area contributed by atoms with E-state index in [2.05, 4.69) is 39.9 Å². The Kier molecular flexibility index (Phi) is 5.42. The third-order valence-corrected chi connectivity index (χ3v) is 3.10. The largest absolute Gasteiger partial charge is 0.478 e. The lowest BCUT2D eigenvalue weighted by Gasteiger charge is -2.11. The van der Waals surface area contributed by atoms with Crippen molar-refractivity contribution in [2.24, 2.45) is 0 Å². The van der Waals surface area contributed by atoms with Gasteiger partial charge in [0.2, 0.25) is 0 Å². The number of carboxylic acids is 1. The van der Waals surface area contributed by atoms with Crippen molar-refractivity contribution < 1.29 is 9.90 Å². The van der Waals surface area contributed by atoms with E-state index in [1.807, 2.05) is 31.1 Å². The van der Waals surface area contributed by atoms with E-state index in [1.54, 1.807) is 6.07 Å². The van der Waals surface area contributed by atoms with Crippen LogP contribution in [0.3, 0.4) is 0 Å². The third-order valence-electron chi connectivity index (χ3n) is 3.10. The average molecular weight is 310 g/mol. The number of aromatic nitrogens is 1. The highest BCUT2D eigenvalue weighted by molar-refractivity contribution is 5.87. The fraction of sp³-hybridized carbons (Fsp3) is 0.176. The number of anilines is 2. The summed E-state index contributed by atoms with van der Waals surface area (Å²) in [5.74, 6) is 2.49. The number of hydrazine groups is 1. The molecular weight excluding hydrogens is 292 g/mol. The second-order valence-corrected chi connectivity index (χ2v) is 5.03. The Hall–Kier alpha value is -3.20. The molecule has 0 saturated heterocycles. The molecule has 0 amide bonds. The molecule has 2 aromatic rings. The van der Waals surface area contributed by atoms with Crippen molar-refractivity contribution in [2.45, 2.75) is 6.42 Å². The highest BCUT2D eigenvalue weighted by Crippen LogP contribution is 2.12. The molecule has 0 aliphatic rings. The summed E-state index contributed by atoms with van der Waals surface area (Å²) >= 11 is 0. The van der Waals surface area contributed by atoms with Gasteiger partial charge in [0.15, 0.2) is 0 Å². The maximum absolute atomic E-state index is 10.7. The molecule has 0 radical (unpaired) electrons. The highest BCUT2D eigenvalue weighted by atomic mass is 16.4. The van der Waals surface area contributed by atoms with Gasteiger partial charge in [-0.1, -0.05) is 18.1 Å². The molecule has 6 heteroatoms. The van der Waals surface area contributed by atoms with Crippen LogP contribution in [0.15, 0.2) is 42.6 Å². The molecule has 23 heavy (non-hydrogen) atoms. The number of benzene rings is 1. The van der Waals surface area contributed by atoms with E-state index >= 15 is 0 Å². The van der Waals surface area contributed by atoms with Crippen LogP contribution in [0.2, 0.25) is 0 Å². The van der Waals surface area contributed by atoms with Crippen LogP contribution in [0.5, 0.6) is 0 Å². The number of hydrogen-bond donors (Lipinski definition) is 3. The lowest BCUT2D eigenvalue weighted by Crippen LogP contribution is -2.16. The molecule has 118 valence electrons. The molecule has 0 fully saturated rings. The summed E-state index contributed by atoms with van der Waals surface area (Å²) in [5.41, 5.74) is 7.93. The minimum Gasteiger partial charge on any atom is -0.478 e. The van der Waals surface area contributed by atoms with Gasteiger partial charge in [0.1, 0.15) is 5.82 Å². The quantitative estimate of drug-likeness (QED) is 0.445. The first-order valence-corrected chi connectivity index (χ1v) is 7.01. The van der Waals surface area contributed by atoms with Gasteiger partial charge < -0.3 is 10.0 Å². The molecule has 0 unspecified atom stereocenters. The predicted octanol–water partition coefficient (Wildman–Crippen LogP) is 1.97. The lowest BCUT2D eigenvalue weighted by molar-refractivity contribution is 0.0696. The van der Waals surface area contributed by atoms with Gasteiger partial charge in [-0.2, -0.15) is 0 Å². The van der Waals surface area contributed by atoms with Crippen LogP contribution in [0.1, 0.15) is 15.9 Å². The Morgan fingerprint density at radius 2 is 1.96 bits per heavy atom. The Labute approximate surface area is 135 Å². The van der Waals surface area contributed by atoms with Crippen LogP contribution in [-0.4, -0.2) is 30.2 Å². The molecule has 0 aliphatic heterocycles. The Bertz CT molecular complexity index is 713. The monoisotopic (exact) mass is 310 g/mol. The van der Waals surface area contributed by atoms with Gasteiger partial charge in [0.25, 0.3) is 0 Å². The Morgan fingerprint density at radius 1 is 1.22 bits per heavy atom. The van der Waals surface area contributed by atoms with Crippen LogP contribution < -0.4 is 15.8 Å². The fourth-order valence-corrected chi connectivity index (χ4v) is 1.79. The van der Waals surface area contributed by atoms with E-state index in [4.69, 9.17) is 5.11 Å². The van der Waals surface area contributed by atoms with Crippen molar-refractivity contribution in [3.05, 3.63) is 53.7 Å². The van der Waals surface area contributed by atoms with Gasteiger partial charge in [0, 0.05) is 38.4 Å². The van der Waals surface area contributed by atoms with Crippen molar-refractivity contribution in [3.63, 3.8) is 0 Å². The van der Waals surface area contributed by atoms with Crippen LogP contribution in [0.4, 0.5) is 11.5 Å². The van der Waals surface area contributed by atoms with Gasteiger partial charge in [0.05, 0.1) is 5.56 Å². The van der Waals surface area contributed by atoms with Crippen molar-refractivity contribution in [2.75, 3.05) is 24.4 Å². The second-order valence-electron chi connectivity index (χ2n) is 5.03. The summed E-state index contributed by atoms with van der Waals surface area (Å²) in [4.78, 5) is 16.7. The number of hydrogen-bond acceptors (Lipinski definition) is 5. The Morgan fingerprint density at radius 3 is 2.52 bits per heavy atom. The zero-order chi connectivity index (χ0) is 16.7. The lowest BCUT2D eigenvalue weighted by atomic mass is 10.1. The van der Waals surface area contributed by atoms with Crippen LogP contribution in [0, 0.1) is 12.0 Å². The van der Waals surface area contributed by atoms with Crippen LogP contribution in [-0.2, 0) is 6.42 Å². The summed E-state index contributed by atoms with van der Waals surface area (Å²) in [5, 5.41) is 8.78. The molecule has 3 N–H and O–H groups in total. The zero-order valence-corrected chi connectivity index (χ0v) is 13.0. The molecule has 0 saturated carbocycles. The van der Waals surface area contributed by atoms with E-state index in [1.165, 1.54) is 12.3 Å². The minimum atomic E-state index is -1.00. The van der Waals surface area contributed by atoms with Crippen molar-refractivity contribution in [1.82, 2.24) is 10.4 Å². The molecule has 1 aromatic carbocycles. The molecule has 0 spiro atoms. The normalized spacial score (nSPS) is 9.48. The second kappa shape index (κ2) is 7.71. The van der Waals surface area contributed by atoms with Gasteiger partial charge >= 0.3 is 5.97 Å². The Balaban J connectivity index is 1.80. The molecule has 6 nitrogen and oxygen atoms in total. The maximum atomic E-state index is 10.7. The van der Waals surface area contributed by atoms with E-state index in [0.717, 1.165) is 11.3 Å². The number of rotatable bonds is 5. The fourth-order valence-electron chi connectivity index (χ4n) is 1.79. The molecule has 1 aromatic heterocycles. The number of carboxylic acid groups (broad SMARTS) is 1. The van der Waals surface area contributed by atoms with Gasteiger partial charge in [-0.05, 0) is 29.8 Å². The van der Waals surface area contributed by atoms with E-state index in [9.17, 15) is 4.79 Å². The molecule has 1 heterocycles. The number of nitrogens with zero attached hydrogens (tertiary/aromatic N) is 2. The first-order chi connectivity index (χ1) is 11.1. The van der Waals surface area contributed by atoms with Gasteiger partial charge in [-0.3, -0.25) is 10.9 Å². The number of aromatic carboxylic acids is 1. The van der Waals surface area contributed by atoms with Crippen molar-refractivity contribution >= 4 is 17.5 Å².